The first-order valence-electron chi connectivity index (χ1n) is 11.4. The number of nitrogens with zero attached hydrogens (tertiary/aromatic N) is 2. The molecule has 2 aromatic heterocycles. The van der Waals surface area contributed by atoms with E-state index in [1.807, 2.05) is 91.9 Å². The second-order valence-electron chi connectivity index (χ2n) is 8.32. The number of nitrogens with two attached hydrogens (primary N) is 1. The molecule has 0 unspecified atom stereocenters. The minimum absolute atomic E-state index is 0.0983. The maximum Gasteiger partial charge on any atom is 0.256 e. The van der Waals surface area contributed by atoms with Gasteiger partial charge in [0.25, 0.3) is 5.91 Å². The molecule has 0 aliphatic heterocycles. The van der Waals surface area contributed by atoms with Gasteiger partial charge in [-0.1, -0.05) is 78.9 Å². The van der Waals surface area contributed by atoms with Gasteiger partial charge < -0.3 is 16.4 Å². The molecule has 0 saturated carbocycles. The molecular weight excluding hydrogens is 466 g/mol. The van der Waals surface area contributed by atoms with Gasteiger partial charge in [0, 0.05) is 17.8 Å². The predicted molar refractivity (Wildman–Crippen MR) is 146 cm³/mol. The Kier molecular flexibility index (Phi) is 6.35. The van der Waals surface area contributed by atoms with Crippen LogP contribution < -0.4 is 16.4 Å². The van der Waals surface area contributed by atoms with Crippen molar-refractivity contribution in [3.8, 4) is 17.2 Å². The Balaban J connectivity index is 1.70. The number of nitrogens with one attached hydrogen (secondary N) is 2. The van der Waals surface area contributed by atoms with Crippen LogP contribution in [0.15, 0.2) is 84.9 Å². The van der Waals surface area contributed by atoms with Crippen molar-refractivity contribution in [3.63, 3.8) is 0 Å². The maximum atomic E-state index is 13.6. The lowest BCUT2D eigenvalue weighted by Gasteiger charge is -2.11. The Labute approximate surface area is 213 Å². The maximum absolute atomic E-state index is 13.6. The molecule has 0 radical (unpaired) electrons. The Hall–Kier alpha value is -4.67. The van der Waals surface area contributed by atoms with E-state index in [1.165, 1.54) is 11.3 Å². The molecule has 4 N–H and O–H groups in total. The Bertz CT molecular complexity index is 1600. The van der Waals surface area contributed by atoms with Gasteiger partial charge in [-0.2, -0.15) is 5.26 Å². The molecule has 0 saturated heterocycles. The van der Waals surface area contributed by atoms with Gasteiger partial charge in [-0.25, -0.2) is 4.98 Å². The first-order chi connectivity index (χ1) is 17.6. The molecule has 7 heteroatoms. The van der Waals surface area contributed by atoms with Crippen LogP contribution in [-0.4, -0.2) is 10.9 Å². The quantitative estimate of drug-likeness (QED) is 0.256. The summed E-state index contributed by atoms with van der Waals surface area (Å²) >= 11 is 1.40. The van der Waals surface area contributed by atoms with Crippen LogP contribution in [0.5, 0.6) is 0 Å². The van der Waals surface area contributed by atoms with Gasteiger partial charge in [-0.3, -0.25) is 4.79 Å². The first-order valence-corrected chi connectivity index (χ1v) is 12.2. The van der Waals surface area contributed by atoms with E-state index in [-0.39, 0.29) is 11.7 Å². The van der Waals surface area contributed by atoms with Crippen molar-refractivity contribution in [1.82, 2.24) is 10.3 Å². The van der Waals surface area contributed by atoms with Gasteiger partial charge in [0.05, 0.1) is 10.2 Å². The van der Waals surface area contributed by atoms with Crippen LogP contribution in [0.4, 0.5) is 16.5 Å². The van der Waals surface area contributed by atoms with Gasteiger partial charge in [-0.05, 0) is 29.7 Å². The summed E-state index contributed by atoms with van der Waals surface area (Å²) in [5.41, 5.74) is 11.9. The third-order valence-corrected chi connectivity index (χ3v) is 7.05. The Morgan fingerprint density at radius 3 is 2.36 bits per heavy atom. The summed E-state index contributed by atoms with van der Waals surface area (Å²) in [6.45, 7) is 2.38. The molecule has 176 valence electrons. The standard InChI is InChI=1S/C29H23N5OS/c1-18-10-8-9-15-22(18)33-29-24(28(35)32-17-19-11-4-2-5-12-19)25-26(36-29)23(20-13-6-3-7-14-20)21(16-30)27(31)34-25/h2-15,33H,17H2,1H3,(H2,31,34)(H,32,35). The molecule has 5 aromatic rings. The third-order valence-electron chi connectivity index (χ3n) is 5.94. The van der Waals surface area contributed by atoms with Crippen molar-refractivity contribution >= 4 is 44.0 Å². The molecule has 36 heavy (non-hydrogen) atoms. The summed E-state index contributed by atoms with van der Waals surface area (Å²) in [5, 5.41) is 17.0. The molecular formula is C29H23N5OS. The SMILES string of the molecule is Cc1ccccc1Nc1sc2c(-c3ccccc3)c(C#N)c(N)nc2c1C(=O)NCc1ccccc1. The number of aryl methyl sites for hydroxylation is 1. The number of hydrogen-bond donors (Lipinski definition) is 3. The number of pyridine rings is 1. The first kappa shape index (κ1) is 23.1. The second-order valence-corrected chi connectivity index (χ2v) is 9.34. The number of carbonyl (C=O) groups excluding carboxylic acids is 1. The van der Waals surface area contributed by atoms with E-state index in [9.17, 15) is 10.1 Å². The van der Waals surface area contributed by atoms with Crippen molar-refractivity contribution in [2.75, 3.05) is 11.1 Å². The number of carbonyl (C=O) groups is 1. The average molecular weight is 490 g/mol. The highest BCUT2D eigenvalue weighted by Gasteiger charge is 2.26. The summed E-state index contributed by atoms with van der Waals surface area (Å²) in [5.74, 6) is -0.169. The zero-order valence-corrected chi connectivity index (χ0v) is 20.4. The summed E-state index contributed by atoms with van der Waals surface area (Å²) < 4.78 is 0.730. The number of aromatic nitrogens is 1. The van der Waals surface area contributed by atoms with Crippen molar-refractivity contribution < 1.29 is 4.79 Å². The van der Waals surface area contributed by atoms with Crippen LogP contribution in [0.25, 0.3) is 21.3 Å². The van der Waals surface area contributed by atoms with Gasteiger partial charge in [-0.15, -0.1) is 11.3 Å². The molecule has 0 atom stereocenters. The average Bonchev–Trinajstić information content (AvgIpc) is 3.26. The van der Waals surface area contributed by atoms with Gasteiger partial charge in [0.2, 0.25) is 0 Å². The number of fused-ring (bicyclic) bond motifs is 1. The van der Waals surface area contributed by atoms with E-state index < -0.39 is 0 Å². The van der Waals surface area contributed by atoms with Crippen LogP contribution >= 0.6 is 11.3 Å². The topological polar surface area (TPSA) is 104 Å². The van der Waals surface area contributed by atoms with Crippen molar-refractivity contribution in [2.24, 2.45) is 0 Å². The van der Waals surface area contributed by atoms with Gasteiger partial charge in [0.1, 0.15) is 28.0 Å². The van der Waals surface area contributed by atoms with Crippen LogP contribution in [0.3, 0.4) is 0 Å². The number of para-hydroxylation sites is 1. The third kappa shape index (κ3) is 4.38. The minimum Gasteiger partial charge on any atom is -0.383 e. The number of amides is 1. The van der Waals surface area contributed by atoms with E-state index in [2.05, 4.69) is 21.7 Å². The summed E-state index contributed by atoms with van der Waals surface area (Å²) in [4.78, 5) is 18.2. The number of thiophene rings is 1. The van der Waals surface area contributed by atoms with Gasteiger partial charge in [0.15, 0.2) is 0 Å². The molecule has 0 bridgehead atoms. The van der Waals surface area contributed by atoms with Crippen molar-refractivity contribution in [2.45, 2.75) is 13.5 Å². The lowest BCUT2D eigenvalue weighted by molar-refractivity contribution is 0.0953. The smallest absolute Gasteiger partial charge is 0.256 e. The largest absolute Gasteiger partial charge is 0.383 e. The molecule has 0 spiro atoms. The second kappa shape index (κ2) is 9.90. The number of nitriles is 1. The predicted octanol–water partition coefficient (Wildman–Crippen LogP) is 6.40. The molecule has 0 aliphatic rings. The number of benzene rings is 3. The fraction of sp³-hybridized carbons (Fsp3) is 0.0690. The van der Waals surface area contributed by atoms with Crippen LogP contribution in [0.1, 0.15) is 27.0 Å². The molecule has 3 aromatic carbocycles. The molecule has 1 amide bonds. The molecule has 5 rings (SSSR count). The van der Waals surface area contributed by atoms with E-state index >= 15 is 0 Å². The summed E-state index contributed by atoms with van der Waals surface area (Å²) in [6, 6.07) is 29.4. The van der Waals surface area contributed by atoms with E-state index in [0.717, 1.165) is 27.1 Å². The fourth-order valence-electron chi connectivity index (χ4n) is 4.11. The monoisotopic (exact) mass is 489 g/mol. The highest BCUT2D eigenvalue weighted by Crippen LogP contribution is 2.44. The van der Waals surface area contributed by atoms with Crippen LogP contribution in [-0.2, 0) is 6.54 Å². The number of rotatable bonds is 6. The van der Waals surface area contributed by atoms with Crippen molar-refractivity contribution in [1.29, 1.82) is 5.26 Å². The van der Waals surface area contributed by atoms with Crippen LogP contribution in [0, 0.1) is 18.3 Å². The fourth-order valence-corrected chi connectivity index (χ4v) is 5.33. The molecule has 6 nitrogen and oxygen atoms in total. The molecule has 0 fully saturated rings. The summed E-state index contributed by atoms with van der Waals surface area (Å²) in [7, 11) is 0. The summed E-state index contributed by atoms with van der Waals surface area (Å²) in [6.07, 6.45) is 0. The van der Waals surface area contributed by atoms with Crippen molar-refractivity contribution in [3.05, 3.63) is 107 Å². The molecule has 2 heterocycles. The van der Waals surface area contributed by atoms with E-state index in [4.69, 9.17) is 5.73 Å². The Morgan fingerprint density at radius 1 is 1.00 bits per heavy atom. The highest BCUT2D eigenvalue weighted by molar-refractivity contribution is 7.24. The lowest BCUT2D eigenvalue weighted by atomic mass is 10.00. The number of nitrogen functional groups attached to an aromatic ring is 1. The highest BCUT2D eigenvalue weighted by atomic mass is 32.1. The van der Waals surface area contributed by atoms with Crippen LogP contribution in [0.2, 0.25) is 0 Å². The van der Waals surface area contributed by atoms with E-state index in [1.54, 1.807) is 0 Å². The van der Waals surface area contributed by atoms with Gasteiger partial charge >= 0.3 is 0 Å². The zero-order chi connectivity index (χ0) is 25.1. The Morgan fingerprint density at radius 2 is 1.67 bits per heavy atom. The minimum atomic E-state index is -0.267. The lowest BCUT2D eigenvalue weighted by Crippen LogP contribution is -2.23. The van der Waals surface area contributed by atoms with E-state index in [0.29, 0.717) is 33.8 Å². The zero-order valence-electron chi connectivity index (χ0n) is 19.6. The molecule has 0 aliphatic carbocycles. The number of hydrogen-bond acceptors (Lipinski definition) is 6. The normalized spacial score (nSPS) is 10.7. The number of anilines is 3.